The van der Waals surface area contributed by atoms with E-state index in [-0.39, 0.29) is 11.5 Å². The molecule has 0 spiro atoms. The van der Waals surface area contributed by atoms with Crippen molar-refractivity contribution in [2.75, 3.05) is 0 Å². The van der Waals surface area contributed by atoms with Gasteiger partial charge in [0, 0.05) is 24.7 Å². The first-order chi connectivity index (χ1) is 11.6. The minimum atomic E-state index is -0.121. The van der Waals surface area contributed by atoms with Gasteiger partial charge in [0.1, 0.15) is 5.69 Å². The first-order valence-corrected chi connectivity index (χ1v) is 9.51. The summed E-state index contributed by atoms with van der Waals surface area (Å²) >= 11 is 0. The maximum absolute atomic E-state index is 13.1. The zero-order valence-corrected chi connectivity index (χ0v) is 14.9. The van der Waals surface area contributed by atoms with Crippen LogP contribution in [0, 0.1) is 5.92 Å². The molecule has 2 fully saturated rings. The molecule has 2 aliphatic rings. The monoisotopic (exact) mass is 331 g/mol. The molecule has 24 heavy (non-hydrogen) atoms. The highest BCUT2D eigenvalue weighted by Crippen LogP contribution is 2.36. The van der Waals surface area contributed by atoms with Crippen molar-refractivity contribution in [1.82, 2.24) is 14.7 Å². The van der Waals surface area contributed by atoms with E-state index in [1.807, 2.05) is 0 Å². The van der Waals surface area contributed by atoms with Crippen LogP contribution in [-0.4, -0.2) is 32.7 Å². The third-order valence-electron chi connectivity index (χ3n) is 5.36. The summed E-state index contributed by atoms with van der Waals surface area (Å²) in [5.74, 6) is 0.786. The van der Waals surface area contributed by atoms with Gasteiger partial charge in [0.15, 0.2) is 0 Å². The summed E-state index contributed by atoms with van der Waals surface area (Å²) in [6.07, 6.45) is 8.70. The number of carbonyl (C=O) groups is 1. The Bertz CT molecular complexity index is 628. The molecular formula is C19H29N3O2. The summed E-state index contributed by atoms with van der Waals surface area (Å²) in [6, 6.07) is 3.82. The number of rotatable bonds is 6. The van der Waals surface area contributed by atoms with Crippen LogP contribution in [0.3, 0.4) is 0 Å². The molecule has 0 saturated heterocycles. The largest absolute Gasteiger partial charge is 0.331 e. The Balaban J connectivity index is 1.79. The minimum Gasteiger partial charge on any atom is -0.331 e. The Labute approximate surface area is 144 Å². The third-order valence-corrected chi connectivity index (χ3v) is 5.36. The van der Waals surface area contributed by atoms with Crippen molar-refractivity contribution in [3.63, 3.8) is 0 Å². The van der Waals surface area contributed by atoms with Gasteiger partial charge >= 0.3 is 0 Å². The van der Waals surface area contributed by atoms with E-state index in [9.17, 15) is 9.59 Å². The predicted octanol–water partition coefficient (Wildman–Crippen LogP) is 3.23. The number of hydrogen-bond donors (Lipinski definition) is 0. The molecule has 1 amide bonds. The summed E-state index contributed by atoms with van der Waals surface area (Å²) in [7, 11) is 0. The molecule has 0 bridgehead atoms. The van der Waals surface area contributed by atoms with Crippen LogP contribution in [0.4, 0.5) is 0 Å². The molecule has 0 radical (unpaired) electrons. The third kappa shape index (κ3) is 3.87. The van der Waals surface area contributed by atoms with Gasteiger partial charge in [-0.1, -0.05) is 20.3 Å². The average molecular weight is 331 g/mol. The Morgan fingerprint density at radius 2 is 1.79 bits per heavy atom. The Morgan fingerprint density at radius 1 is 1.17 bits per heavy atom. The number of aryl methyl sites for hydroxylation is 1. The van der Waals surface area contributed by atoms with E-state index in [1.165, 1.54) is 23.6 Å². The average Bonchev–Trinajstić information content (AvgIpc) is 3.41. The maximum atomic E-state index is 13.1. The molecule has 2 aliphatic carbocycles. The predicted molar refractivity (Wildman–Crippen MR) is 94.0 cm³/mol. The number of aromatic nitrogens is 2. The fraction of sp³-hybridized carbons (Fsp3) is 0.737. The Kier molecular flexibility index (Phi) is 5.36. The van der Waals surface area contributed by atoms with E-state index < -0.39 is 0 Å². The SMILES string of the molecule is CCCCn1nc(C(=O)N(C2CCC(C)CC2)C2CC2)ccc1=O. The van der Waals surface area contributed by atoms with E-state index in [0.717, 1.165) is 44.4 Å². The van der Waals surface area contributed by atoms with Gasteiger partial charge in [0.05, 0.1) is 0 Å². The van der Waals surface area contributed by atoms with E-state index >= 15 is 0 Å². The smallest absolute Gasteiger partial charge is 0.274 e. The highest BCUT2D eigenvalue weighted by Gasteiger charge is 2.39. The summed E-state index contributed by atoms with van der Waals surface area (Å²) < 4.78 is 1.45. The van der Waals surface area contributed by atoms with E-state index in [1.54, 1.807) is 6.07 Å². The van der Waals surface area contributed by atoms with Gasteiger partial charge in [0.2, 0.25) is 0 Å². The Hall–Kier alpha value is -1.65. The second-order valence-corrected chi connectivity index (χ2v) is 7.49. The lowest BCUT2D eigenvalue weighted by Gasteiger charge is -2.36. The van der Waals surface area contributed by atoms with Crippen LogP contribution in [-0.2, 0) is 6.54 Å². The lowest BCUT2D eigenvalue weighted by Crippen LogP contribution is -2.44. The number of nitrogens with zero attached hydrogens (tertiary/aromatic N) is 3. The molecule has 1 heterocycles. The van der Waals surface area contributed by atoms with E-state index in [2.05, 4.69) is 23.8 Å². The van der Waals surface area contributed by atoms with Gasteiger partial charge in [-0.2, -0.15) is 5.10 Å². The van der Waals surface area contributed by atoms with Crippen LogP contribution in [0.1, 0.15) is 75.7 Å². The molecule has 0 unspecified atom stereocenters. The van der Waals surface area contributed by atoms with Gasteiger partial charge < -0.3 is 4.90 Å². The van der Waals surface area contributed by atoms with Crippen molar-refractivity contribution < 1.29 is 4.79 Å². The summed E-state index contributed by atoms with van der Waals surface area (Å²) in [5, 5.41) is 4.36. The second-order valence-electron chi connectivity index (χ2n) is 7.49. The van der Waals surface area contributed by atoms with E-state index in [0.29, 0.717) is 24.3 Å². The number of hydrogen-bond acceptors (Lipinski definition) is 3. The van der Waals surface area contributed by atoms with Crippen molar-refractivity contribution in [2.45, 2.75) is 83.8 Å². The maximum Gasteiger partial charge on any atom is 0.274 e. The zero-order chi connectivity index (χ0) is 17.1. The number of unbranched alkanes of at least 4 members (excludes halogenated alkanes) is 1. The standard InChI is InChI=1S/C19H29N3O2/c1-3-4-13-21-18(23)12-11-17(20-21)19(24)22(16-9-10-16)15-7-5-14(2)6-8-15/h11-12,14-16H,3-10,13H2,1-2H3. The van der Waals surface area contributed by atoms with Crippen molar-refractivity contribution in [3.05, 3.63) is 28.2 Å². The molecule has 0 atom stereocenters. The first-order valence-electron chi connectivity index (χ1n) is 9.51. The molecule has 3 rings (SSSR count). The van der Waals surface area contributed by atoms with Gasteiger partial charge in [-0.05, 0) is 56.9 Å². The lowest BCUT2D eigenvalue weighted by molar-refractivity contribution is 0.0584. The van der Waals surface area contributed by atoms with E-state index in [4.69, 9.17) is 0 Å². The van der Waals surface area contributed by atoms with Crippen LogP contribution in [0.2, 0.25) is 0 Å². The lowest BCUT2D eigenvalue weighted by atomic mass is 9.86. The van der Waals surface area contributed by atoms with Crippen LogP contribution in [0.25, 0.3) is 0 Å². The molecule has 1 aromatic rings. The molecule has 2 saturated carbocycles. The molecule has 132 valence electrons. The van der Waals surface area contributed by atoms with Crippen LogP contribution in [0.15, 0.2) is 16.9 Å². The van der Waals surface area contributed by atoms with Gasteiger partial charge in [0.25, 0.3) is 11.5 Å². The highest BCUT2D eigenvalue weighted by molar-refractivity contribution is 5.92. The Morgan fingerprint density at radius 3 is 2.38 bits per heavy atom. The summed E-state index contributed by atoms with van der Waals surface area (Å²) in [6.45, 7) is 4.96. The van der Waals surface area contributed by atoms with Gasteiger partial charge in [-0.3, -0.25) is 9.59 Å². The van der Waals surface area contributed by atoms with Crippen molar-refractivity contribution >= 4 is 5.91 Å². The summed E-state index contributed by atoms with van der Waals surface area (Å²) in [5.41, 5.74) is 0.306. The molecular weight excluding hydrogens is 302 g/mol. The normalized spacial score (nSPS) is 23.9. The quantitative estimate of drug-likeness (QED) is 0.804. The molecule has 0 aromatic carbocycles. The van der Waals surface area contributed by atoms with Crippen LogP contribution < -0.4 is 5.56 Å². The van der Waals surface area contributed by atoms with Crippen LogP contribution >= 0.6 is 0 Å². The zero-order valence-electron chi connectivity index (χ0n) is 14.9. The van der Waals surface area contributed by atoms with Gasteiger partial charge in [-0.25, -0.2) is 4.68 Å². The fourth-order valence-corrected chi connectivity index (χ4v) is 3.67. The topological polar surface area (TPSA) is 55.2 Å². The molecule has 5 heteroatoms. The van der Waals surface area contributed by atoms with Crippen molar-refractivity contribution in [1.29, 1.82) is 0 Å². The van der Waals surface area contributed by atoms with Crippen LogP contribution in [0.5, 0.6) is 0 Å². The highest BCUT2D eigenvalue weighted by atomic mass is 16.2. The number of carbonyl (C=O) groups excluding carboxylic acids is 1. The van der Waals surface area contributed by atoms with Crippen molar-refractivity contribution in [2.24, 2.45) is 5.92 Å². The molecule has 0 aliphatic heterocycles. The molecule has 5 nitrogen and oxygen atoms in total. The summed E-state index contributed by atoms with van der Waals surface area (Å²) in [4.78, 5) is 27.1. The molecule has 1 aromatic heterocycles. The second kappa shape index (κ2) is 7.49. The number of amides is 1. The first kappa shape index (κ1) is 17.2. The molecule has 0 N–H and O–H groups in total. The fourth-order valence-electron chi connectivity index (χ4n) is 3.67. The van der Waals surface area contributed by atoms with Gasteiger partial charge in [-0.15, -0.1) is 0 Å². The van der Waals surface area contributed by atoms with Crippen molar-refractivity contribution in [3.8, 4) is 0 Å². The minimum absolute atomic E-state index is 0.0160.